The fraction of sp³-hybridized carbons (Fsp3) is 1.00. The van der Waals surface area contributed by atoms with Gasteiger partial charge in [-0.2, -0.15) is 0 Å². The van der Waals surface area contributed by atoms with E-state index in [2.05, 4.69) is 13.8 Å². The first-order valence-electron chi connectivity index (χ1n) is 5.61. The molecule has 0 radical (unpaired) electrons. The average molecular weight is 184 g/mol. The van der Waals surface area contributed by atoms with Gasteiger partial charge in [0.25, 0.3) is 0 Å². The van der Waals surface area contributed by atoms with Crippen molar-refractivity contribution in [3.63, 3.8) is 0 Å². The molecule has 0 aromatic carbocycles. The lowest BCUT2D eigenvalue weighted by Gasteiger charge is -2.33. The van der Waals surface area contributed by atoms with Gasteiger partial charge >= 0.3 is 0 Å². The lowest BCUT2D eigenvalue weighted by molar-refractivity contribution is -0.210. The maximum atomic E-state index is 5.89. The zero-order chi connectivity index (χ0) is 9.31. The first kappa shape index (κ1) is 9.47. The fourth-order valence-electron chi connectivity index (χ4n) is 3.03. The number of hydrogen-bond acceptors (Lipinski definition) is 2. The van der Waals surface area contributed by atoms with Gasteiger partial charge in [0.05, 0.1) is 13.2 Å². The Morgan fingerprint density at radius 2 is 1.46 bits per heavy atom. The highest BCUT2D eigenvalue weighted by Crippen LogP contribution is 2.49. The molecule has 0 N–H and O–H groups in total. The molecule has 2 atom stereocenters. The topological polar surface area (TPSA) is 18.5 Å². The van der Waals surface area contributed by atoms with Gasteiger partial charge in [0.15, 0.2) is 5.79 Å². The van der Waals surface area contributed by atoms with E-state index in [9.17, 15) is 0 Å². The molecule has 2 aliphatic rings. The van der Waals surface area contributed by atoms with Gasteiger partial charge in [-0.15, -0.1) is 0 Å². The van der Waals surface area contributed by atoms with E-state index in [1.54, 1.807) is 0 Å². The summed E-state index contributed by atoms with van der Waals surface area (Å²) in [6.07, 6.45) is 4.96. The molecule has 2 fully saturated rings. The summed E-state index contributed by atoms with van der Waals surface area (Å²) in [6, 6.07) is 0. The molecule has 76 valence electrons. The largest absolute Gasteiger partial charge is 0.347 e. The molecule has 1 spiro atoms. The third kappa shape index (κ3) is 1.31. The highest BCUT2D eigenvalue weighted by molar-refractivity contribution is 4.94. The lowest BCUT2D eigenvalue weighted by atomic mass is 9.92. The van der Waals surface area contributed by atoms with Crippen molar-refractivity contribution in [3.05, 3.63) is 0 Å². The summed E-state index contributed by atoms with van der Waals surface area (Å²) in [4.78, 5) is 0. The van der Waals surface area contributed by atoms with E-state index in [0.717, 1.165) is 13.2 Å². The van der Waals surface area contributed by atoms with Gasteiger partial charge < -0.3 is 9.47 Å². The van der Waals surface area contributed by atoms with Crippen LogP contribution < -0.4 is 0 Å². The maximum absolute atomic E-state index is 5.89. The van der Waals surface area contributed by atoms with E-state index in [1.807, 2.05) is 0 Å². The van der Waals surface area contributed by atoms with Crippen molar-refractivity contribution in [2.24, 2.45) is 11.8 Å². The Balaban J connectivity index is 2.16. The van der Waals surface area contributed by atoms with E-state index < -0.39 is 0 Å². The van der Waals surface area contributed by atoms with Crippen molar-refractivity contribution in [1.82, 2.24) is 0 Å². The molecular formula is C11H20O2. The second kappa shape index (κ2) is 3.58. The zero-order valence-corrected chi connectivity index (χ0v) is 8.71. The van der Waals surface area contributed by atoms with Crippen LogP contribution in [-0.2, 0) is 9.47 Å². The molecule has 2 heteroatoms. The van der Waals surface area contributed by atoms with Crippen LogP contribution in [0.2, 0.25) is 0 Å². The SMILES string of the molecule is CCC1CCC(CC)C12OCCO2. The minimum absolute atomic E-state index is 0.177. The van der Waals surface area contributed by atoms with Gasteiger partial charge in [0.2, 0.25) is 0 Å². The number of hydrogen-bond donors (Lipinski definition) is 0. The molecule has 0 amide bonds. The highest BCUT2D eigenvalue weighted by Gasteiger charge is 2.52. The van der Waals surface area contributed by atoms with Crippen molar-refractivity contribution in [1.29, 1.82) is 0 Å². The fourth-order valence-corrected chi connectivity index (χ4v) is 3.03. The Kier molecular flexibility index (Phi) is 2.61. The standard InChI is InChI=1S/C11H20O2/c1-3-9-5-6-10(4-2)11(9)12-7-8-13-11/h9-10H,3-8H2,1-2H3. The van der Waals surface area contributed by atoms with E-state index in [1.165, 1.54) is 25.7 Å². The molecule has 1 aliphatic carbocycles. The van der Waals surface area contributed by atoms with Gasteiger partial charge in [-0.25, -0.2) is 0 Å². The van der Waals surface area contributed by atoms with Crippen LogP contribution in [0.4, 0.5) is 0 Å². The predicted octanol–water partition coefficient (Wildman–Crippen LogP) is 2.58. The van der Waals surface area contributed by atoms with Crippen molar-refractivity contribution in [2.75, 3.05) is 13.2 Å². The normalized spacial score (nSPS) is 37.4. The molecule has 0 aromatic rings. The Morgan fingerprint density at radius 3 is 1.85 bits per heavy atom. The van der Waals surface area contributed by atoms with Crippen LogP contribution in [0.25, 0.3) is 0 Å². The lowest BCUT2D eigenvalue weighted by Crippen LogP contribution is -2.40. The monoisotopic (exact) mass is 184 g/mol. The summed E-state index contributed by atoms with van der Waals surface area (Å²) in [7, 11) is 0. The minimum Gasteiger partial charge on any atom is -0.347 e. The summed E-state index contributed by atoms with van der Waals surface area (Å²) >= 11 is 0. The summed E-state index contributed by atoms with van der Waals surface area (Å²) in [5, 5.41) is 0. The summed E-state index contributed by atoms with van der Waals surface area (Å²) in [5.41, 5.74) is 0. The quantitative estimate of drug-likeness (QED) is 0.656. The van der Waals surface area contributed by atoms with Gasteiger partial charge in [0, 0.05) is 11.8 Å². The van der Waals surface area contributed by atoms with Crippen LogP contribution in [-0.4, -0.2) is 19.0 Å². The minimum atomic E-state index is -0.177. The van der Waals surface area contributed by atoms with Crippen molar-refractivity contribution in [3.8, 4) is 0 Å². The summed E-state index contributed by atoms with van der Waals surface area (Å²) in [5.74, 6) is 1.10. The molecule has 13 heavy (non-hydrogen) atoms. The maximum Gasteiger partial charge on any atom is 0.174 e. The highest BCUT2D eigenvalue weighted by atomic mass is 16.7. The predicted molar refractivity (Wildman–Crippen MR) is 51.4 cm³/mol. The van der Waals surface area contributed by atoms with Crippen LogP contribution in [0.5, 0.6) is 0 Å². The van der Waals surface area contributed by atoms with Crippen LogP contribution >= 0.6 is 0 Å². The average Bonchev–Trinajstić information content (AvgIpc) is 2.75. The second-order valence-corrected chi connectivity index (χ2v) is 4.21. The molecular weight excluding hydrogens is 164 g/mol. The van der Waals surface area contributed by atoms with E-state index in [0.29, 0.717) is 11.8 Å². The number of ether oxygens (including phenoxy) is 2. The zero-order valence-electron chi connectivity index (χ0n) is 8.71. The molecule has 1 heterocycles. The molecule has 0 bridgehead atoms. The van der Waals surface area contributed by atoms with E-state index >= 15 is 0 Å². The van der Waals surface area contributed by atoms with Crippen LogP contribution in [0, 0.1) is 11.8 Å². The molecule has 0 aromatic heterocycles. The first-order valence-corrected chi connectivity index (χ1v) is 5.61. The molecule has 2 rings (SSSR count). The van der Waals surface area contributed by atoms with E-state index in [-0.39, 0.29) is 5.79 Å². The smallest absolute Gasteiger partial charge is 0.174 e. The molecule has 2 unspecified atom stereocenters. The Hall–Kier alpha value is -0.0800. The first-order chi connectivity index (χ1) is 6.33. The molecule has 1 saturated carbocycles. The molecule has 1 aliphatic heterocycles. The number of rotatable bonds is 2. The van der Waals surface area contributed by atoms with Gasteiger partial charge in [-0.1, -0.05) is 13.8 Å². The van der Waals surface area contributed by atoms with Crippen molar-refractivity contribution in [2.45, 2.75) is 45.3 Å². The van der Waals surface area contributed by atoms with Crippen LogP contribution in [0.1, 0.15) is 39.5 Å². The van der Waals surface area contributed by atoms with E-state index in [4.69, 9.17) is 9.47 Å². The summed E-state index contributed by atoms with van der Waals surface area (Å²) < 4.78 is 11.8. The van der Waals surface area contributed by atoms with Crippen molar-refractivity contribution >= 4 is 0 Å². The van der Waals surface area contributed by atoms with Gasteiger partial charge in [-0.3, -0.25) is 0 Å². The molecule has 2 nitrogen and oxygen atoms in total. The summed E-state index contributed by atoms with van der Waals surface area (Å²) in [6.45, 7) is 6.09. The van der Waals surface area contributed by atoms with Crippen LogP contribution in [0.3, 0.4) is 0 Å². The molecule has 1 saturated heterocycles. The third-order valence-corrected chi connectivity index (χ3v) is 3.73. The Morgan fingerprint density at radius 1 is 1.00 bits per heavy atom. The van der Waals surface area contributed by atoms with Crippen LogP contribution in [0.15, 0.2) is 0 Å². The Bertz CT molecular complexity index is 159. The van der Waals surface area contributed by atoms with Crippen molar-refractivity contribution < 1.29 is 9.47 Å². The Labute approximate surface area is 80.6 Å². The van der Waals surface area contributed by atoms with Gasteiger partial charge in [0.1, 0.15) is 0 Å². The second-order valence-electron chi connectivity index (χ2n) is 4.21. The van der Waals surface area contributed by atoms with Gasteiger partial charge in [-0.05, 0) is 25.7 Å². The third-order valence-electron chi connectivity index (χ3n) is 3.73.